The summed E-state index contributed by atoms with van der Waals surface area (Å²) in [5.41, 5.74) is 0. The molecule has 0 heterocycles. The molecule has 0 aromatic carbocycles. The van der Waals surface area contributed by atoms with Crippen LogP contribution in [0.1, 0.15) is 0 Å². The smallest absolute Gasteiger partial charge is 0 e. The van der Waals surface area contributed by atoms with Crippen molar-refractivity contribution in [2.24, 2.45) is 0 Å². The van der Waals surface area contributed by atoms with Gasteiger partial charge in [-0.3, -0.25) is 0 Å². The van der Waals surface area contributed by atoms with E-state index in [1.54, 1.807) is 0 Å². The maximum Gasteiger partial charge on any atom is 0 e. The molecule has 0 saturated carbocycles. The molecule has 0 aliphatic heterocycles. The molecule has 0 bridgehead atoms. The Labute approximate surface area is 126 Å². The summed E-state index contributed by atoms with van der Waals surface area (Å²) < 4.78 is 0. The van der Waals surface area contributed by atoms with Gasteiger partial charge in [-0.15, -0.1) is 0 Å². The molecule has 0 atom stereocenters. The predicted octanol–water partition coefficient (Wildman–Crippen LogP) is -0.00250. The van der Waals surface area contributed by atoms with Crippen LogP contribution in [-0.2, 0) is 17.1 Å². The van der Waals surface area contributed by atoms with E-state index in [0.29, 0.717) is 0 Å². The van der Waals surface area contributed by atoms with Gasteiger partial charge < -0.3 is 0 Å². The van der Waals surface area contributed by atoms with Gasteiger partial charge in [0.25, 0.3) is 0 Å². The van der Waals surface area contributed by atoms with Crippen molar-refractivity contribution in [3.63, 3.8) is 0 Å². The van der Waals surface area contributed by atoms with E-state index >= 15 is 0 Å². The summed E-state index contributed by atoms with van der Waals surface area (Å²) in [5.74, 6) is 0. The van der Waals surface area contributed by atoms with E-state index < -0.39 is 0 Å². The molecule has 2 radical (unpaired) electrons. The van der Waals surface area contributed by atoms with E-state index in [0.717, 1.165) is 0 Å². The van der Waals surface area contributed by atoms with Crippen LogP contribution >= 0.6 is 0 Å². The van der Waals surface area contributed by atoms with Gasteiger partial charge in [-0.25, -0.2) is 0 Å². The van der Waals surface area contributed by atoms with Crippen LogP contribution in [-0.4, -0.2) is 0 Å². The first kappa shape index (κ1) is 23.9. The normalized spacial score (nSPS) is 0. The van der Waals surface area contributed by atoms with Crippen LogP contribution in [0.2, 0.25) is 0 Å². The van der Waals surface area contributed by atoms with Crippen LogP contribution < -0.4 is 0 Å². The molecular weight excluding hydrogens is 517 g/mol. The third-order valence-electron chi connectivity index (χ3n) is 0. The van der Waals surface area contributed by atoms with Crippen LogP contribution in [0.15, 0.2) is 0 Å². The summed E-state index contributed by atoms with van der Waals surface area (Å²) in [7, 11) is 0. The second-order valence-corrected chi connectivity index (χ2v) is 0. The Balaban J connectivity index is 0. The average molecular weight is 517 g/mol. The largest absolute Gasteiger partial charge is 0 e. The van der Waals surface area contributed by atoms with Crippen LogP contribution in [0.4, 0.5) is 0 Å². The zero-order valence-corrected chi connectivity index (χ0v) is 10.5. The van der Waals surface area contributed by atoms with Crippen molar-refractivity contribution in [3.05, 3.63) is 0 Å². The van der Waals surface area contributed by atoms with Crippen molar-refractivity contribution in [1.29, 1.82) is 0 Å². The third-order valence-corrected chi connectivity index (χ3v) is 0. The average Bonchev–Trinajstić information content (AvgIpc) is 0. The Morgan fingerprint density at radius 2 is 1.00 bits per heavy atom. The minimum Gasteiger partial charge on any atom is 0 e. The second-order valence-electron chi connectivity index (χ2n) is 0. The number of hydrogen-bond donors (Lipinski definition) is 0. The van der Waals surface area contributed by atoms with Gasteiger partial charge in [0.15, 0.2) is 0 Å². The fourth-order valence-corrected chi connectivity index (χ4v) is 0. The first-order chi connectivity index (χ1) is 0. The van der Waals surface area contributed by atoms with E-state index in [1.165, 1.54) is 0 Å². The topological polar surface area (TPSA) is 0 Å². The summed E-state index contributed by atoms with van der Waals surface area (Å²) in [4.78, 5) is 0. The second kappa shape index (κ2) is 15.7. The summed E-state index contributed by atoms with van der Waals surface area (Å²) in [6, 6.07) is 0. The molecule has 0 rings (SSSR count). The van der Waals surface area contributed by atoms with E-state index in [1.807, 2.05) is 0 Å². The van der Waals surface area contributed by atoms with Crippen molar-refractivity contribution >= 4 is 0 Å². The van der Waals surface area contributed by atoms with Crippen LogP contribution in [0.3, 0.4) is 0 Å². The Morgan fingerprint density at radius 1 is 1.00 bits per heavy atom. The van der Waals surface area contributed by atoms with Gasteiger partial charge in [0.05, 0.1) is 0 Å². The molecule has 0 aliphatic rings. The predicted molar refractivity (Wildman–Crippen MR) is 0 cm³/mol. The first-order valence-electron chi connectivity index (χ1n) is 0. The van der Waals surface area contributed by atoms with E-state index in [9.17, 15) is 0 Å². The Hall–Kier alpha value is 4.30. The minimum absolute atomic E-state index is 0. The molecule has 0 aromatic heterocycles. The monoisotopic (exact) mass is 518 g/mol. The zero-order valence-electron chi connectivity index (χ0n) is 1.59. The maximum absolute atomic E-state index is 0. The Kier molecular flexibility index (Phi) is 93.7. The van der Waals surface area contributed by atoms with E-state index in [-0.39, 0.29) is 130 Å². The molecule has 0 aromatic rings. The minimum atomic E-state index is 0. The summed E-state index contributed by atoms with van der Waals surface area (Å²) >= 11 is 0. The van der Waals surface area contributed by atoms with Crippen LogP contribution in [0.5, 0.6) is 0 Å². The van der Waals surface area contributed by atoms with E-state index in [2.05, 4.69) is 0 Å². The Bertz CT molecular complexity index is 8.00. The molecule has 0 saturated heterocycles. The SMILES string of the molecule is [Fe].[Gd].[Ho].[La]. The molecule has 0 unspecified atom stereocenters. The van der Waals surface area contributed by atoms with Gasteiger partial charge in [0.1, 0.15) is 0 Å². The molecule has 0 N–H and O–H groups in total. The Morgan fingerprint density at radius 3 is 1.00 bits per heavy atom. The molecule has 0 fully saturated rings. The fraction of sp³-hybridized carbons (Fsp3) is 0. The quantitative estimate of drug-likeness (QED) is 0.398. The van der Waals surface area contributed by atoms with Crippen molar-refractivity contribution < 1.29 is 130 Å². The van der Waals surface area contributed by atoms with E-state index in [4.69, 9.17) is 0 Å². The summed E-state index contributed by atoms with van der Waals surface area (Å²) in [6.07, 6.45) is 0. The zero-order chi connectivity index (χ0) is 0. The molecule has 0 aliphatic carbocycles. The molecular formula is FeGdHoLa. The van der Waals surface area contributed by atoms with Gasteiger partial charge in [0, 0.05) is 130 Å². The van der Waals surface area contributed by atoms with Gasteiger partial charge in [0.2, 0.25) is 0 Å². The standard InChI is InChI=1S/Fe.Gd.Ho.La. The first-order valence-corrected chi connectivity index (χ1v) is 0. The van der Waals surface area contributed by atoms with Gasteiger partial charge >= 0.3 is 0 Å². The van der Waals surface area contributed by atoms with Crippen molar-refractivity contribution in [3.8, 4) is 0 Å². The van der Waals surface area contributed by atoms with Gasteiger partial charge in [-0.2, -0.15) is 0 Å². The van der Waals surface area contributed by atoms with Crippen LogP contribution in [0, 0.1) is 113 Å². The van der Waals surface area contributed by atoms with Crippen molar-refractivity contribution in [2.75, 3.05) is 0 Å². The van der Waals surface area contributed by atoms with Gasteiger partial charge in [-0.1, -0.05) is 0 Å². The van der Waals surface area contributed by atoms with Crippen molar-refractivity contribution in [1.82, 2.24) is 0 Å². The van der Waals surface area contributed by atoms with Crippen molar-refractivity contribution in [2.45, 2.75) is 0 Å². The molecule has 4 heteroatoms. The molecule has 4 heavy (non-hydrogen) atoms. The number of rotatable bonds is 0. The third kappa shape index (κ3) is 9.57. The summed E-state index contributed by atoms with van der Waals surface area (Å²) in [5, 5.41) is 0. The van der Waals surface area contributed by atoms with Gasteiger partial charge in [-0.05, 0) is 0 Å². The molecule has 0 amide bonds. The maximum atomic E-state index is 0. The number of hydrogen-bond acceptors (Lipinski definition) is 0. The molecule has 0 spiro atoms. The van der Waals surface area contributed by atoms with Crippen LogP contribution in [0.25, 0.3) is 0 Å². The fourth-order valence-electron chi connectivity index (χ4n) is 0. The molecule has 30 valence electrons. The molecule has 0 nitrogen and oxygen atoms in total. The summed E-state index contributed by atoms with van der Waals surface area (Å²) in [6.45, 7) is 0.